The van der Waals surface area contributed by atoms with Gasteiger partial charge in [0, 0.05) is 5.56 Å². The van der Waals surface area contributed by atoms with E-state index in [2.05, 4.69) is 5.43 Å². The predicted octanol–water partition coefficient (Wildman–Crippen LogP) is 2.26. The smallest absolute Gasteiger partial charge is 0.194 e. The van der Waals surface area contributed by atoms with E-state index in [1.165, 1.54) is 6.07 Å². The highest BCUT2D eigenvalue weighted by Crippen LogP contribution is 2.47. The van der Waals surface area contributed by atoms with Crippen molar-refractivity contribution >= 4 is 0 Å². The van der Waals surface area contributed by atoms with Crippen LogP contribution in [0.4, 0.5) is 13.2 Å². The summed E-state index contributed by atoms with van der Waals surface area (Å²) in [6.07, 6.45) is 0.910. The minimum Gasteiger partial charge on any atom is -0.271 e. The maximum Gasteiger partial charge on any atom is 0.194 e. The molecule has 0 saturated heterocycles. The van der Waals surface area contributed by atoms with Crippen LogP contribution in [-0.2, 0) is 0 Å². The molecular weight excluding hydrogens is 217 g/mol. The van der Waals surface area contributed by atoms with Crippen molar-refractivity contribution in [3.8, 4) is 0 Å². The molecule has 16 heavy (non-hydrogen) atoms. The average Bonchev–Trinajstić information content (AvgIpc) is 2.97. The van der Waals surface area contributed by atoms with Crippen LogP contribution in [0.5, 0.6) is 0 Å². The van der Waals surface area contributed by atoms with E-state index in [0.717, 1.165) is 12.5 Å². The second-order valence-electron chi connectivity index (χ2n) is 4.29. The van der Waals surface area contributed by atoms with Crippen molar-refractivity contribution in [2.45, 2.75) is 19.4 Å². The van der Waals surface area contributed by atoms with Gasteiger partial charge in [-0.2, -0.15) is 0 Å². The summed E-state index contributed by atoms with van der Waals surface area (Å²) in [5.74, 6) is 2.17. The number of nitrogens with one attached hydrogen (secondary N) is 1. The second kappa shape index (κ2) is 4.07. The maximum absolute atomic E-state index is 13.5. The van der Waals surface area contributed by atoms with Crippen LogP contribution in [0.1, 0.15) is 24.9 Å². The van der Waals surface area contributed by atoms with E-state index < -0.39 is 23.5 Å². The van der Waals surface area contributed by atoms with Gasteiger partial charge in [0.2, 0.25) is 0 Å². The van der Waals surface area contributed by atoms with Gasteiger partial charge >= 0.3 is 0 Å². The number of hydrogen-bond donors (Lipinski definition) is 2. The maximum atomic E-state index is 13.5. The van der Waals surface area contributed by atoms with Crippen molar-refractivity contribution in [2.75, 3.05) is 0 Å². The van der Waals surface area contributed by atoms with Gasteiger partial charge in [-0.1, -0.05) is 13.0 Å². The van der Waals surface area contributed by atoms with Gasteiger partial charge in [-0.25, -0.2) is 13.2 Å². The molecule has 3 N–H and O–H groups in total. The van der Waals surface area contributed by atoms with E-state index in [1.807, 2.05) is 6.92 Å². The van der Waals surface area contributed by atoms with E-state index in [-0.39, 0.29) is 11.5 Å². The highest BCUT2D eigenvalue weighted by Gasteiger charge is 2.41. The summed E-state index contributed by atoms with van der Waals surface area (Å²) in [4.78, 5) is 0. The second-order valence-corrected chi connectivity index (χ2v) is 4.29. The topological polar surface area (TPSA) is 38.0 Å². The van der Waals surface area contributed by atoms with Gasteiger partial charge in [0.1, 0.15) is 0 Å². The summed E-state index contributed by atoms with van der Waals surface area (Å²) in [6, 6.07) is 1.71. The van der Waals surface area contributed by atoms with E-state index >= 15 is 0 Å². The molecule has 1 fully saturated rings. The molecule has 1 aliphatic rings. The van der Waals surface area contributed by atoms with Gasteiger partial charge < -0.3 is 0 Å². The molecule has 0 heterocycles. The monoisotopic (exact) mass is 230 g/mol. The van der Waals surface area contributed by atoms with Crippen molar-refractivity contribution in [1.82, 2.24) is 5.43 Å². The van der Waals surface area contributed by atoms with Crippen LogP contribution in [0.3, 0.4) is 0 Å². The Morgan fingerprint density at radius 3 is 2.44 bits per heavy atom. The summed E-state index contributed by atoms with van der Waals surface area (Å²) in [6.45, 7) is 2.01. The van der Waals surface area contributed by atoms with Crippen LogP contribution in [0.15, 0.2) is 12.1 Å². The molecule has 0 aliphatic heterocycles. The van der Waals surface area contributed by atoms with Gasteiger partial charge in [0.25, 0.3) is 0 Å². The Bertz CT molecular complexity index is 408. The lowest BCUT2D eigenvalue weighted by atomic mass is 10.0. The SMILES string of the molecule is CC1CC1C(NN)c1ccc(F)c(F)c1F. The summed E-state index contributed by atoms with van der Waals surface area (Å²) in [7, 11) is 0. The molecule has 3 unspecified atom stereocenters. The summed E-state index contributed by atoms with van der Waals surface area (Å²) < 4.78 is 39.3. The largest absolute Gasteiger partial charge is 0.271 e. The van der Waals surface area contributed by atoms with Gasteiger partial charge in [-0.3, -0.25) is 11.3 Å². The first-order valence-corrected chi connectivity index (χ1v) is 5.15. The van der Waals surface area contributed by atoms with Crippen LogP contribution >= 0.6 is 0 Å². The molecule has 1 aromatic rings. The summed E-state index contributed by atoms with van der Waals surface area (Å²) in [5.41, 5.74) is 2.56. The molecule has 5 heteroatoms. The summed E-state index contributed by atoms with van der Waals surface area (Å²) in [5, 5.41) is 0. The molecule has 88 valence electrons. The Kier molecular flexibility index (Phi) is 2.90. The molecule has 1 aliphatic carbocycles. The number of nitrogens with two attached hydrogens (primary N) is 1. The summed E-state index contributed by atoms with van der Waals surface area (Å²) >= 11 is 0. The van der Waals surface area contributed by atoms with E-state index in [9.17, 15) is 13.2 Å². The Morgan fingerprint density at radius 1 is 1.31 bits per heavy atom. The molecule has 1 aromatic carbocycles. The Balaban J connectivity index is 2.35. The molecule has 2 rings (SSSR count). The van der Waals surface area contributed by atoms with Crippen LogP contribution in [0, 0.1) is 29.3 Å². The Hall–Kier alpha value is -1.07. The number of halogens is 3. The van der Waals surface area contributed by atoms with Crippen LogP contribution in [0.2, 0.25) is 0 Å². The van der Waals surface area contributed by atoms with Crippen LogP contribution < -0.4 is 11.3 Å². The third-order valence-corrected chi connectivity index (χ3v) is 3.18. The van der Waals surface area contributed by atoms with Crippen molar-refractivity contribution < 1.29 is 13.2 Å². The molecule has 0 aromatic heterocycles. The molecule has 0 spiro atoms. The van der Waals surface area contributed by atoms with Crippen molar-refractivity contribution in [2.24, 2.45) is 17.7 Å². The third-order valence-electron chi connectivity index (χ3n) is 3.18. The fourth-order valence-electron chi connectivity index (χ4n) is 2.04. The number of rotatable bonds is 3. The van der Waals surface area contributed by atoms with Gasteiger partial charge in [-0.15, -0.1) is 0 Å². The quantitative estimate of drug-likeness (QED) is 0.475. The first-order valence-electron chi connectivity index (χ1n) is 5.15. The normalized spacial score (nSPS) is 25.6. The minimum absolute atomic E-state index is 0.0933. The minimum atomic E-state index is -1.44. The molecule has 0 amide bonds. The van der Waals surface area contributed by atoms with E-state index in [0.29, 0.717) is 5.92 Å². The molecule has 0 bridgehead atoms. The molecule has 3 atom stereocenters. The molecular formula is C11H13F3N2. The number of hydrogen-bond acceptors (Lipinski definition) is 2. The van der Waals surface area contributed by atoms with Gasteiger partial charge in [-0.05, 0) is 24.3 Å². The highest BCUT2D eigenvalue weighted by atomic mass is 19.2. The zero-order chi connectivity index (χ0) is 11.9. The number of hydrazine groups is 1. The predicted molar refractivity (Wildman–Crippen MR) is 53.7 cm³/mol. The third kappa shape index (κ3) is 1.81. The Labute approximate surface area is 91.6 Å². The van der Waals surface area contributed by atoms with E-state index in [1.54, 1.807) is 0 Å². The van der Waals surface area contributed by atoms with Crippen molar-refractivity contribution in [1.29, 1.82) is 0 Å². The fraction of sp³-hybridized carbons (Fsp3) is 0.455. The fourth-order valence-corrected chi connectivity index (χ4v) is 2.04. The standard InChI is InChI=1S/C11H13F3N2/c1-5-4-7(5)11(16-15)6-2-3-8(12)10(14)9(6)13/h2-3,5,7,11,16H,4,15H2,1H3. The highest BCUT2D eigenvalue weighted by molar-refractivity contribution is 5.25. The van der Waals surface area contributed by atoms with Crippen LogP contribution in [0.25, 0.3) is 0 Å². The first-order chi connectivity index (χ1) is 7.56. The molecule has 2 nitrogen and oxygen atoms in total. The average molecular weight is 230 g/mol. The lowest BCUT2D eigenvalue weighted by molar-refractivity contribution is 0.408. The number of benzene rings is 1. The van der Waals surface area contributed by atoms with Gasteiger partial charge in [0.15, 0.2) is 17.5 Å². The lowest BCUT2D eigenvalue weighted by Gasteiger charge is -2.17. The zero-order valence-electron chi connectivity index (χ0n) is 8.81. The van der Waals surface area contributed by atoms with Crippen LogP contribution in [-0.4, -0.2) is 0 Å². The zero-order valence-corrected chi connectivity index (χ0v) is 8.81. The Morgan fingerprint density at radius 2 is 1.94 bits per heavy atom. The van der Waals surface area contributed by atoms with E-state index in [4.69, 9.17) is 5.84 Å². The first kappa shape index (κ1) is 11.4. The van der Waals surface area contributed by atoms with Gasteiger partial charge in [0.05, 0.1) is 6.04 Å². The molecule has 1 saturated carbocycles. The van der Waals surface area contributed by atoms with Crippen molar-refractivity contribution in [3.05, 3.63) is 35.1 Å². The lowest BCUT2D eigenvalue weighted by Crippen LogP contribution is -2.31. The molecule has 0 radical (unpaired) electrons. The van der Waals surface area contributed by atoms with Crippen molar-refractivity contribution in [3.63, 3.8) is 0 Å².